The van der Waals surface area contributed by atoms with E-state index in [1.807, 2.05) is 0 Å². The number of aromatic nitrogens is 2. The normalized spacial score (nSPS) is 11.6. The van der Waals surface area contributed by atoms with Crippen LogP contribution >= 0.6 is 11.6 Å². The Labute approximate surface area is 119 Å². The van der Waals surface area contributed by atoms with Crippen LogP contribution in [0.4, 0.5) is 0 Å². The molecule has 0 radical (unpaired) electrons. The van der Waals surface area contributed by atoms with E-state index in [1.54, 1.807) is 0 Å². The molecule has 0 bridgehead atoms. The predicted molar refractivity (Wildman–Crippen MR) is 79.7 cm³/mol. The highest BCUT2D eigenvalue weighted by Crippen LogP contribution is 2.20. The lowest BCUT2D eigenvalue weighted by Gasteiger charge is -2.10. The average molecular weight is 281 g/mol. The first-order valence-corrected chi connectivity index (χ1v) is 7.25. The van der Waals surface area contributed by atoms with Crippen LogP contribution in [-0.2, 0) is 17.2 Å². The summed E-state index contributed by atoms with van der Waals surface area (Å²) in [5, 5.41) is 0. The fourth-order valence-electron chi connectivity index (χ4n) is 2.16. The molecule has 1 aromatic carbocycles. The van der Waals surface area contributed by atoms with Gasteiger partial charge in [-0.05, 0) is 24.5 Å². The summed E-state index contributed by atoms with van der Waals surface area (Å²) in [7, 11) is 0. The summed E-state index contributed by atoms with van der Waals surface area (Å²) >= 11 is 5.99. The van der Waals surface area contributed by atoms with Crippen molar-refractivity contribution in [2.75, 3.05) is 13.2 Å². The van der Waals surface area contributed by atoms with Gasteiger partial charge in [-0.15, -0.1) is 11.6 Å². The molecule has 1 aromatic heterocycles. The van der Waals surface area contributed by atoms with Crippen molar-refractivity contribution in [3.63, 3.8) is 0 Å². The maximum Gasteiger partial charge on any atom is 0.124 e. The number of benzene rings is 1. The van der Waals surface area contributed by atoms with Gasteiger partial charge in [-0.3, -0.25) is 0 Å². The first-order valence-electron chi connectivity index (χ1n) is 6.72. The third-order valence-electron chi connectivity index (χ3n) is 3.09. The number of halogens is 1. The zero-order valence-electron chi connectivity index (χ0n) is 11.8. The maximum absolute atomic E-state index is 5.99. The lowest BCUT2D eigenvalue weighted by molar-refractivity contribution is 0.103. The Hall–Kier alpha value is -1.06. The van der Waals surface area contributed by atoms with Crippen LogP contribution in [0.3, 0.4) is 0 Å². The van der Waals surface area contributed by atoms with Crippen molar-refractivity contribution in [1.82, 2.24) is 9.55 Å². The molecule has 104 valence electrons. The molecule has 19 heavy (non-hydrogen) atoms. The number of fused-ring (bicyclic) bond motifs is 1. The monoisotopic (exact) mass is 280 g/mol. The van der Waals surface area contributed by atoms with Crippen LogP contribution < -0.4 is 0 Å². The lowest BCUT2D eigenvalue weighted by Crippen LogP contribution is -2.11. The van der Waals surface area contributed by atoms with Gasteiger partial charge in [0.15, 0.2) is 0 Å². The average Bonchev–Trinajstić information content (AvgIpc) is 2.74. The van der Waals surface area contributed by atoms with Crippen LogP contribution in [0.15, 0.2) is 18.2 Å². The number of alkyl halides is 1. The van der Waals surface area contributed by atoms with Crippen LogP contribution in [0.1, 0.15) is 25.2 Å². The van der Waals surface area contributed by atoms with Gasteiger partial charge in [-0.1, -0.05) is 26.0 Å². The molecule has 0 saturated heterocycles. The molecule has 0 unspecified atom stereocenters. The number of rotatable bonds is 6. The number of aryl methyl sites for hydroxylation is 1. The Morgan fingerprint density at radius 3 is 2.84 bits per heavy atom. The molecular formula is C15H21ClN2O. The SMILES string of the molecule is Cc1cccc2c1nc(CCl)n2CCOCC(C)C. The van der Waals surface area contributed by atoms with E-state index in [4.69, 9.17) is 16.3 Å². The highest BCUT2D eigenvalue weighted by molar-refractivity contribution is 6.16. The van der Waals surface area contributed by atoms with Crippen molar-refractivity contribution in [3.8, 4) is 0 Å². The largest absolute Gasteiger partial charge is 0.379 e. The molecule has 0 aliphatic heterocycles. The number of hydrogen-bond donors (Lipinski definition) is 0. The summed E-state index contributed by atoms with van der Waals surface area (Å²) < 4.78 is 7.82. The van der Waals surface area contributed by atoms with E-state index in [-0.39, 0.29) is 0 Å². The summed E-state index contributed by atoms with van der Waals surface area (Å²) in [5.74, 6) is 1.91. The van der Waals surface area contributed by atoms with Crippen molar-refractivity contribution < 1.29 is 4.74 Å². The topological polar surface area (TPSA) is 27.1 Å². The minimum absolute atomic E-state index is 0.429. The molecule has 0 atom stereocenters. The summed E-state index contributed by atoms with van der Waals surface area (Å²) in [5.41, 5.74) is 3.37. The second-order valence-electron chi connectivity index (χ2n) is 5.22. The molecule has 0 aliphatic carbocycles. The molecule has 0 aliphatic rings. The zero-order valence-corrected chi connectivity index (χ0v) is 12.6. The van der Waals surface area contributed by atoms with E-state index in [2.05, 4.69) is 48.5 Å². The van der Waals surface area contributed by atoms with E-state index in [0.29, 0.717) is 18.4 Å². The minimum Gasteiger partial charge on any atom is -0.379 e. The van der Waals surface area contributed by atoms with Gasteiger partial charge in [-0.25, -0.2) is 4.98 Å². The van der Waals surface area contributed by atoms with Gasteiger partial charge in [0.2, 0.25) is 0 Å². The van der Waals surface area contributed by atoms with Crippen molar-refractivity contribution in [1.29, 1.82) is 0 Å². The van der Waals surface area contributed by atoms with Crippen LogP contribution in [0.5, 0.6) is 0 Å². The maximum atomic E-state index is 5.99. The first kappa shape index (κ1) is 14.4. The Bertz CT molecular complexity index is 548. The van der Waals surface area contributed by atoms with Crippen molar-refractivity contribution in [3.05, 3.63) is 29.6 Å². The number of nitrogens with zero attached hydrogens (tertiary/aromatic N) is 2. The van der Waals surface area contributed by atoms with Gasteiger partial charge in [0.25, 0.3) is 0 Å². The van der Waals surface area contributed by atoms with Gasteiger partial charge < -0.3 is 9.30 Å². The van der Waals surface area contributed by atoms with Crippen molar-refractivity contribution >= 4 is 22.6 Å². The summed E-state index contributed by atoms with van der Waals surface area (Å²) in [4.78, 5) is 4.62. The van der Waals surface area contributed by atoms with Crippen molar-refractivity contribution in [2.45, 2.75) is 33.2 Å². The lowest BCUT2D eigenvalue weighted by atomic mass is 10.2. The standard InChI is InChI=1S/C15H21ClN2O/c1-11(2)10-19-8-7-18-13-6-4-5-12(3)15(13)17-14(18)9-16/h4-6,11H,7-10H2,1-3H3. The van der Waals surface area contributed by atoms with Gasteiger partial charge in [0, 0.05) is 13.2 Å². The second kappa shape index (κ2) is 6.40. The third-order valence-corrected chi connectivity index (χ3v) is 3.33. The van der Waals surface area contributed by atoms with Gasteiger partial charge in [0.1, 0.15) is 5.82 Å². The number of hydrogen-bond acceptors (Lipinski definition) is 2. The van der Waals surface area contributed by atoms with E-state index in [0.717, 1.165) is 30.0 Å². The van der Waals surface area contributed by atoms with Crippen LogP contribution in [0.2, 0.25) is 0 Å². The molecule has 0 saturated carbocycles. The summed E-state index contributed by atoms with van der Waals surface area (Å²) in [6.07, 6.45) is 0. The molecule has 2 aromatic rings. The molecule has 0 spiro atoms. The van der Waals surface area contributed by atoms with Gasteiger partial charge in [-0.2, -0.15) is 0 Å². The van der Waals surface area contributed by atoms with E-state index >= 15 is 0 Å². The fraction of sp³-hybridized carbons (Fsp3) is 0.533. The Morgan fingerprint density at radius 2 is 2.16 bits per heavy atom. The third kappa shape index (κ3) is 3.28. The molecule has 3 nitrogen and oxygen atoms in total. The highest BCUT2D eigenvalue weighted by Gasteiger charge is 2.11. The van der Waals surface area contributed by atoms with Crippen LogP contribution in [0, 0.1) is 12.8 Å². The fourth-order valence-corrected chi connectivity index (χ4v) is 2.37. The molecule has 4 heteroatoms. The zero-order chi connectivity index (χ0) is 13.8. The van der Waals surface area contributed by atoms with Gasteiger partial charge in [0.05, 0.1) is 23.5 Å². The molecule has 0 amide bonds. The highest BCUT2D eigenvalue weighted by atomic mass is 35.5. The van der Waals surface area contributed by atoms with E-state index < -0.39 is 0 Å². The quantitative estimate of drug-likeness (QED) is 0.595. The minimum atomic E-state index is 0.429. The molecular weight excluding hydrogens is 260 g/mol. The molecule has 0 fully saturated rings. The number of para-hydroxylation sites is 1. The molecule has 2 rings (SSSR count). The Balaban J connectivity index is 2.18. The van der Waals surface area contributed by atoms with Crippen LogP contribution in [0.25, 0.3) is 11.0 Å². The second-order valence-corrected chi connectivity index (χ2v) is 5.49. The summed E-state index contributed by atoms with van der Waals surface area (Å²) in [6.45, 7) is 8.67. The number of imidazole rings is 1. The number of ether oxygens (including phenoxy) is 1. The predicted octanol–water partition coefficient (Wildman–Crippen LogP) is 3.76. The first-order chi connectivity index (χ1) is 9.13. The molecule has 0 N–H and O–H groups in total. The van der Waals surface area contributed by atoms with E-state index in [9.17, 15) is 0 Å². The Morgan fingerprint density at radius 1 is 1.37 bits per heavy atom. The molecule has 1 heterocycles. The van der Waals surface area contributed by atoms with E-state index in [1.165, 1.54) is 5.56 Å². The summed E-state index contributed by atoms with van der Waals surface area (Å²) in [6, 6.07) is 6.23. The van der Waals surface area contributed by atoms with Crippen molar-refractivity contribution in [2.24, 2.45) is 5.92 Å². The van der Waals surface area contributed by atoms with Crippen LogP contribution in [-0.4, -0.2) is 22.8 Å². The Kier molecular flexibility index (Phi) is 4.83. The smallest absolute Gasteiger partial charge is 0.124 e. The van der Waals surface area contributed by atoms with Gasteiger partial charge >= 0.3 is 0 Å².